The Balaban J connectivity index is 1.40. The molecule has 132 valence electrons. The van der Waals surface area contributed by atoms with Gasteiger partial charge in [-0.05, 0) is 24.3 Å². The standard InChI is InChI=1S/C19H17N3O4/c23-16-10-21-22(15-6-2-1-5-14(15)16)11-19(24)20-9-13-12-25-17-7-3-4-8-18(17)26-13/h1-8,10,13H,9,11-12H2,(H,20,24)/t13-/m0/s1. The highest BCUT2D eigenvalue weighted by molar-refractivity contribution is 5.81. The summed E-state index contributed by atoms with van der Waals surface area (Å²) in [6, 6.07) is 14.5. The number of hydrogen-bond acceptors (Lipinski definition) is 5. The topological polar surface area (TPSA) is 82.5 Å². The summed E-state index contributed by atoms with van der Waals surface area (Å²) in [5.41, 5.74) is 0.463. The van der Waals surface area contributed by atoms with E-state index in [1.807, 2.05) is 30.3 Å². The molecule has 1 N–H and O–H groups in total. The molecule has 7 nitrogen and oxygen atoms in total. The van der Waals surface area contributed by atoms with Gasteiger partial charge in [0, 0.05) is 5.39 Å². The molecule has 0 saturated heterocycles. The van der Waals surface area contributed by atoms with Crippen LogP contribution in [-0.4, -0.2) is 34.9 Å². The van der Waals surface area contributed by atoms with E-state index in [1.165, 1.54) is 10.9 Å². The number of nitrogens with zero attached hydrogens (tertiary/aromatic N) is 2. The van der Waals surface area contributed by atoms with Gasteiger partial charge in [0.25, 0.3) is 0 Å². The number of amides is 1. The molecular formula is C19H17N3O4. The Morgan fingerprint density at radius 1 is 1.15 bits per heavy atom. The van der Waals surface area contributed by atoms with Crippen LogP contribution in [0.5, 0.6) is 11.5 Å². The first-order valence-corrected chi connectivity index (χ1v) is 8.31. The molecule has 0 spiro atoms. The maximum absolute atomic E-state index is 12.3. The van der Waals surface area contributed by atoms with Crippen LogP contribution in [0.4, 0.5) is 0 Å². The van der Waals surface area contributed by atoms with Crippen molar-refractivity contribution < 1.29 is 14.3 Å². The fraction of sp³-hybridized carbons (Fsp3) is 0.211. The molecule has 1 amide bonds. The van der Waals surface area contributed by atoms with Crippen LogP contribution in [0.3, 0.4) is 0 Å². The Labute approximate surface area is 149 Å². The van der Waals surface area contributed by atoms with Crippen LogP contribution in [0, 0.1) is 0 Å². The van der Waals surface area contributed by atoms with E-state index in [2.05, 4.69) is 10.4 Å². The normalized spacial score (nSPS) is 15.6. The number of nitrogens with one attached hydrogen (secondary N) is 1. The quantitative estimate of drug-likeness (QED) is 0.767. The summed E-state index contributed by atoms with van der Waals surface area (Å²) >= 11 is 0. The van der Waals surface area contributed by atoms with Gasteiger partial charge in [0.2, 0.25) is 11.3 Å². The highest BCUT2D eigenvalue weighted by Gasteiger charge is 2.21. The largest absolute Gasteiger partial charge is 0.486 e. The molecule has 26 heavy (non-hydrogen) atoms. The van der Waals surface area contributed by atoms with Crippen molar-refractivity contribution in [1.82, 2.24) is 15.1 Å². The van der Waals surface area contributed by atoms with Gasteiger partial charge < -0.3 is 14.8 Å². The molecule has 4 rings (SSSR count). The van der Waals surface area contributed by atoms with Crippen molar-refractivity contribution in [2.24, 2.45) is 0 Å². The minimum absolute atomic E-state index is 0.0188. The van der Waals surface area contributed by atoms with Gasteiger partial charge in [-0.3, -0.25) is 14.3 Å². The van der Waals surface area contributed by atoms with Crippen LogP contribution in [0.2, 0.25) is 0 Å². The van der Waals surface area contributed by atoms with Crippen molar-refractivity contribution in [1.29, 1.82) is 0 Å². The second-order valence-electron chi connectivity index (χ2n) is 5.99. The zero-order valence-corrected chi connectivity index (χ0v) is 13.9. The molecule has 0 unspecified atom stereocenters. The van der Waals surface area contributed by atoms with Gasteiger partial charge >= 0.3 is 0 Å². The van der Waals surface area contributed by atoms with E-state index in [4.69, 9.17) is 9.47 Å². The van der Waals surface area contributed by atoms with Crippen molar-refractivity contribution in [3.05, 3.63) is 65.0 Å². The Hall–Kier alpha value is -3.35. The molecule has 7 heteroatoms. The summed E-state index contributed by atoms with van der Waals surface area (Å²) in [5.74, 6) is 1.17. The Kier molecular flexibility index (Phi) is 4.27. The number of benzene rings is 2. The Bertz CT molecular complexity index is 1010. The van der Waals surface area contributed by atoms with Crippen molar-refractivity contribution in [3.63, 3.8) is 0 Å². The zero-order valence-electron chi connectivity index (χ0n) is 13.9. The van der Waals surface area contributed by atoms with Crippen molar-refractivity contribution >= 4 is 16.8 Å². The van der Waals surface area contributed by atoms with Crippen LogP contribution in [0.1, 0.15) is 0 Å². The molecule has 2 aromatic carbocycles. The highest BCUT2D eigenvalue weighted by Crippen LogP contribution is 2.30. The first-order valence-electron chi connectivity index (χ1n) is 8.31. The second-order valence-corrected chi connectivity index (χ2v) is 5.99. The number of aromatic nitrogens is 2. The summed E-state index contributed by atoms with van der Waals surface area (Å²) in [4.78, 5) is 24.1. The molecule has 2 heterocycles. The maximum Gasteiger partial charge on any atom is 0.241 e. The van der Waals surface area contributed by atoms with Gasteiger partial charge in [0.1, 0.15) is 19.3 Å². The molecule has 3 aromatic rings. The van der Waals surface area contributed by atoms with E-state index in [0.29, 0.717) is 35.6 Å². The Morgan fingerprint density at radius 2 is 1.92 bits per heavy atom. The van der Waals surface area contributed by atoms with Gasteiger partial charge in [-0.2, -0.15) is 5.10 Å². The first-order chi connectivity index (χ1) is 12.7. The lowest BCUT2D eigenvalue weighted by molar-refractivity contribution is -0.122. The second kappa shape index (κ2) is 6.87. The average molecular weight is 351 g/mol. The molecule has 1 aliphatic rings. The van der Waals surface area contributed by atoms with E-state index in [9.17, 15) is 9.59 Å². The molecule has 1 atom stereocenters. The summed E-state index contributed by atoms with van der Waals surface area (Å²) in [7, 11) is 0. The van der Waals surface area contributed by atoms with Gasteiger partial charge in [-0.1, -0.05) is 24.3 Å². The minimum Gasteiger partial charge on any atom is -0.486 e. The molecule has 0 radical (unpaired) electrons. The van der Waals surface area contributed by atoms with Crippen LogP contribution < -0.4 is 20.2 Å². The SMILES string of the molecule is O=C(Cn1ncc(=O)c2ccccc21)NC[C@H]1COc2ccccc2O1. The molecule has 1 aromatic heterocycles. The first kappa shape index (κ1) is 16.1. The number of rotatable bonds is 4. The molecular weight excluding hydrogens is 334 g/mol. The van der Waals surface area contributed by atoms with Gasteiger partial charge in [-0.15, -0.1) is 0 Å². The molecule has 0 fully saturated rings. The average Bonchev–Trinajstić information content (AvgIpc) is 2.68. The summed E-state index contributed by atoms with van der Waals surface area (Å²) in [6.45, 7) is 0.715. The smallest absolute Gasteiger partial charge is 0.241 e. The highest BCUT2D eigenvalue weighted by atomic mass is 16.6. The van der Waals surface area contributed by atoms with E-state index in [-0.39, 0.29) is 24.0 Å². The summed E-state index contributed by atoms with van der Waals surface area (Å²) in [5, 5.41) is 7.42. The van der Waals surface area contributed by atoms with Crippen molar-refractivity contribution in [2.45, 2.75) is 12.6 Å². The van der Waals surface area contributed by atoms with E-state index < -0.39 is 0 Å². The van der Waals surface area contributed by atoms with Crippen LogP contribution >= 0.6 is 0 Å². The van der Waals surface area contributed by atoms with Gasteiger partial charge in [0.15, 0.2) is 11.5 Å². The van der Waals surface area contributed by atoms with Crippen molar-refractivity contribution in [2.75, 3.05) is 13.2 Å². The number of carbonyl (C=O) groups is 1. The number of ether oxygens (including phenoxy) is 2. The lowest BCUT2D eigenvalue weighted by atomic mass is 10.2. The number of carbonyl (C=O) groups excluding carboxylic acids is 1. The summed E-state index contributed by atoms with van der Waals surface area (Å²) < 4.78 is 13.0. The maximum atomic E-state index is 12.3. The minimum atomic E-state index is -0.257. The monoisotopic (exact) mass is 351 g/mol. The van der Waals surface area contributed by atoms with E-state index in [1.54, 1.807) is 18.2 Å². The fourth-order valence-corrected chi connectivity index (χ4v) is 2.87. The Morgan fingerprint density at radius 3 is 2.81 bits per heavy atom. The molecule has 0 aliphatic carbocycles. The lowest BCUT2D eigenvalue weighted by Gasteiger charge is -2.26. The van der Waals surface area contributed by atoms with Gasteiger partial charge in [-0.25, -0.2) is 0 Å². The zero-order chi connectivity index (χ0) is 17.9. The number of para-hydroxylation sites is 3. The predicted molar refractivity (Wildman–Crippen MR) is 95.4 cm³/mol. The third kappa shape index (κ3) is 3.23. The van der Waals surface area contributed by atoms with Crippen LogP contribution in [0.25, 0.3) is 10.9 Å². The van der Waals surface area contributed by atoms with E-state index in [0.717, 1.165) is 0 Å². The number of hydrogen-bond donors (Lipinski definition) is 1. The van der Waals surface area contributed by atoms with E-state index >= 15 is 0 Å². The third-order valence-electron chi connectivity index (χ3n) is 4.15. The third-order valence-corrected chi connectivity index (χ3v) is 4.15. The lowest BCUT2D eigenvalue weighted by Crippen LogP contribution is -2.41. The van der Waals surface area contributed by atoms with Crippen LogP contribution in [-0.2, 0) is 11.3 Å². The molecule has 1 aliphatic heterocycles. The summed E-state index contributed by atoms with van der Waals surface area (Å²) in [6.07, 6.45) is 0.970. The predicted octanol–water partition coefficient (Wildman–Crippen LogP) is 1.35. The fourth-order valence-electron chi connectivity index (χ4n) is 2.87. The van der Waals surface area contributed by atoms with Gasteiger partial charge in [0.05, 0.1) is 18.3 Å². The number of fused-ring (bicyclic) bond motifs is 2. The molecule has 0 saturated carbocycles. The van der Waals surface area contributed by atoms with Crippen LogP contribution in [0.15, 0.2) is 59.5 Å². The van der Waals surface area contributed by atoms with Crippen molar-refractivity contribution in [3.8, 4) is 11.5 Å². The molecule has 0 bridgehead atoms.